The summed E-state index contributed by atoms with van der Waals surface area (Å²) in [5.74, 6) is 0. The van der Waals surface area contributed by atoms with Crippen LogP contribution in [0.4, 0.5) is 96.6 Å². The predicted molar refractivity (Wildman–Crippen MR) is 60.3 cm³/mol. The number of hydrogen-bond acceptors (Lipinski definition) is 4. The molecule has 2 fully saturated rings. The summed E-state index contributed by atoms with van der Waals surface area (Å²) < 4.78 is 304. The Morgan fingerprint density at radius 2 is 0.514 bits per heavy atom. The van der Waals surface area contributed by atoms with Crippen molar-refractivity contribution in [1.82, 2.24) is 9.80 Å². The van der Waals surface area contributed by atoms with Gasteiger partial charge in [-0.2, -0.15) is 96.6 Å². The number of halogens is 22. The zero-order valence-corrected chi connectivity index (χ0v) is 15.5. The van der Waals surface area contributed by atoms with Gasteiger partial charge in [-0.05, 0) is 0 Å². The van der Waals surface area contributed by atoms with Crippen LogP contribution in [-0.2, 0) is 9.47 Å². The standard InChI is InChI=1S/C11F22N2O2/c12-2(13,14)1(3(15,16)17,34-4(18,19)8(26,27)36-9(28,29)5(34,20)21)35-6(22,23)10(30,31)37-11(32,33)7(35,24)25. The van der Waals surface area contributed by atoms with Crippen LogP contribution in [0.1, 0.15) is 0 Å². The minimum atomic E-state index is -9.34. The first kappa shape index (κ1) is 31.5. The molecule has 0 N–H and O–H groups in total. The number of alkyl halides is 22. The fourth-order valence-corrected chi connectivity index (χ4v) is 3.02. The highest BCUT2D eigenvalue weighted by Crippen LogP contribution is 2.69. The zero-order valence-electron chi connectivity index (χ0n) is 15.5. The Hall–Kier alpha value is -1.70. The van der Waals surface area contributed by atoms with Crippen molar-refractivity contribution in [3.8, 4) is 0 Å². The van der Waals surface area contributed by atoms with Crippen molar-refractivity contribution in [2.24, 2.45) is 0 Å². The van der Waals surface area contributed by atoms with Crippen molar-refractivity contribution in [2.45, 2.75) is 66.6 Å². The molecular formula is C11F22N2O2. The largest absolute Gasteiger partial charge is 0.439 e. The molecule has 0 aromatic carbocycles. The second-order valence-corrected chi connectivity index (χ2v) is 6.77. The van der Waals surface area contributed by atoms with Gasteiger partial charge < -0.3 is 0 Å². The molecule has 4 nitrogen and oxygen atoms in total. The summed E-state index contributed by atoms with van der Waals surface area (Å²) in [4.78, 5) is -10.3. The molecule has 2 saturated heterocycles. The van der Waals surface area contributed by atoms with Crippen molar-refractivity contribution in [1.29, 1.82) is 0 Å². The van der Waals surface area contributed by atoms with Crippen LogP contribution in [-0.4, -0.2) is 76.4 Å². The maximum absolute atomic E-state index is 14.0. The quantitative estimate of drug-likeness (QED) is 0.274. The second-order valence-electron chi connectivity index (χ2n) is 6.77. The first-order chi connectivity index (χ1) is 15.6. The van der Waals surface area contributed by atoms with Crippen LogP contribution >= 0.6 is 0 Å². The van der Waals surface area contributed by atoms with Crippen LogP contribution < -0.4 is 0 Å². The van der Waals surface area contributed by atoms with E-state index in [0.29, 0.717) is 0 Å². The van der Waals surface area contributed by atoms with Crippen LogP contribution in [0, 0.1) is 0 Å². The molecule has 0 radical (unpaired) electrons. The molecule has 0 saturated carbocycles. The van der Waals surface area contributed by atoms with Crippen molar-refractivity contribution in [2.75, 3.05) is 0 Å². The Balaban J connectivity index is 3.34. The molecule has 2 aliphatic rings. The van der Waals surface area contributed by atoms with Gasteiger partial charge in [0.15, 0.2) is 0 Å². The third-order valence-electron chi connectivity index (χ3n) is 4.47. The Morgan fingerprint density at radius 3 is 0.649 bits per heavy atom. The van der Waals surface area contributed by atoms with Crippen molar-refractivity contribution < 1.29 is 106 Å². The topological polar surface area (TPSA) is 24.9 Å². The summed E-state index contributed by atoms with van der Waals surface area (Å²) in [6.45, 7) is 0. The van der Waals surface area contributed by atoms with Crippen LogP contribution in [0.15, 0.2) is 0 Å². The van der Waals surface area contributed by atoms with Gasteiger partial charge in [0.1, 0.15) is 0 Å². The molecule has 0 amide bonds. The van der Waals surface area contributed by atoms with Crippen molar-refractivity contribution in [3.63, 3.8) is 0 Å². The molecule has 2 heterocycles. The molecular weight excluding hydrogens is 610 g/mol. The number of rotatable bonds is 2. The highest BCUT2D eigenvalue weighted by molar-refractivity contribution is 5.16. The first-order valence-electron chi connectivity index (χ1n) is 7.82. The average molecular weight is 610 g/mol. The van der Waals surface area contributed by atoms with Crippen molar-refractivity contribution in [3.05, 3.63) is 0 Å². The van der Waals surface area contributed by atoms with Gasteiger partial charge in [-0.25, -0.2) is 9.47 Å². The first-order valence-corrected chi connectivity index (χ1v) is 7.82. The Kier molecular flexibility index (Phi) is 6.20. The van der Waals surface area contributed by atoms with E-state index in [2.05, 4.69) is 0 Å². The highest BCUT2D eigenvalue weighted by atomic mass is 19.4. The van der Waals surface area contributed by atoms with E-state index in [0.717, 1.165) is 0 Å². The van der Waals surface area contributed by atoms with Crippen LogP contribution in [0.2, 0.25) is 0 Å². The number of hydrogen-bond donors (Lipinski definition) is 0. The Bertz CT molecular complexity index is 793. The number of morpholine rings is 2. The summed E-state index contributed by atoms with van der Waals surface area (Å²) in [5, 5.41) is 0. The Morgan fingerprint density at radius 1 is 0.351 bits per heavy atom. The normalized spacial score (nSPS) is 30.6. The summed E-state index contributed by atoms with van der Waals surface area (Å²) in [5.41, 5.74) is -9.34. The van der Waals surface area contributed by atoms with Gasteiger partial charge in [-0.1, -0.05) is 0 Å². The van der Waals surface area contributed by atoms with Crippen molar-refractivity contribution >= 4 is 0 Å². The van der Waals surface area contributed by atoms with E-state index in [9.17, 15) is 96.6 Å². The van der Waals surface area contributed by atoms with E-state index in [1.54, 1.807) is 0 Å². The predicted octanol–water partition coefficient (Wildman–Crippen LogP) is 6.21. The fraction of sp³-hybridized carbons (Fsp3) is 1.00. The Labute approximate surface area is 184 Å². The fourth-order valence-electron chi connectivity index (χ4n) is 3.02. The lowest BCUT2D eigenvalue weighted by Gasteiger charge is -2.61. The highest BCUT2D eigenvalue weighted by Gasteiger charge is 3.00. The molecule has 0 atom stereocenters. The van der Waals surface area contributed by atoms with E-state index < -0.39 is 76.4 Å². The third-order valence-corrected chi connectivity index (χ3v) is 4.47. The zero-order chi connectivity index (χ0) is 30.1. The van der Waals surface area contributed by atoms with E-state index in [1.165, 1.54) is 9.47 Å². The monoisotopic (exact) mass is 610 g/mol. The summed E-state index contributed by atoms with van der Waals surface area (Å²) >= 11 is 0. The van der Waals surface area contributed by atoms with Crippen LogP contribution in [0.25, 0.3) is 0 Å². The molecule has 2 aliphatic heterocycles. The van der Waals surface area contributed by atoms with Gasteiger partial charge in [-0.3, -0.25) is 0 Å². The lowest BCUT2D eigenvalue weighted by atomic mass is 9.97. The summed E-state index contributed by atoms with van der Waals surface area (Å²) in [6.07, 6.45) is -49.3. The summed E-state index contributed by atoms with van der Waals surface area (Å²) in [7, 11) is 0. The SMILES string of the molecule is FC(F)(F)C(N1C(F)(F)C(F)(F)OC(F)(F)C1(F)F)(N1C(F)(F)C(F)(F)OC(F)(F)C1(F)F)C(F)(F)F. The van der Waals surface area contributed by atoms with E-state index in [4.69, 9.17) is 0 Å². The minimum Gasteiger partial charge on any atom is -0.243 e. The van der Waals surface area contributed by atoms with E-state index in [-0.39, 0.29) is 0 Å². The maximum Gasteiger partial charge on any atom is 0.439 e. The smallest absolute Gasteiger partial charge is 0.243 e. The van der Waals surface area contributed by atoms with Gasteiger partial charge in [0.2, 0.25) is 0 Å². The average Bonchev–Trinajstić information content (AvgIpc) is 2.53. The number of ether oxygens (including phenoxy) is 2. The van der Waals surface area contributed by atoms with E-state index >= 15 is 0 Å². The van der Waals surface area contributed by atoms with Gasteiger partial charge in [0.05, 0.1) is 0 Å². The van der Waals surface area contributed by atoms with Gasteiger partial charge in [0, 0.05) is 0 Å². The lowest BCUT2D eigenvalue weighted by Crippen LogP contribution is -2.93. The molecule has 0 aliphatic carbocycles. The molecule has 0 bridgehead atoms. The van der Waals surface area contributed by atoms with Crippen LogP contribution in [0.3, 0.4) is 0 Å². The molecule has 0 unspecified atom stereocenters. The maximum atomic E-state index is 14.0. The molecule has 0 spiro atoms. The van der Waals surface area contributed by atoms with Gasteiger partial charge in [0.25, 0.3) is 5.66 Å². The van der Waals surface area contributed by atoms with Gasteiger partial charge in [-0.15, -0.1) is 9.80 Å². The minimum absolute atomic E-state index is 1.46. The second kappa shape index (κ2) is 7.28. The number of nitrogens with zero attached hydrogens (tertiary/aromatic N) is 2. The molecule has 0 aromatic rings. The van der Waals surface area contributed by atoms with E-state index in [1.807, 2.05) is 0 Å². The third kappa shape index (κ3) is 3.56. The molecule has 0 aromatic heterocycles. The lowest BCUT2D eigenvalue weighted by molar-refractivity contribution is -0.638. The van der Waals surface area contributed by atoms with Gasteiger partial charge >= 0.3 is 61.0 Å². The molecule has 2 rings (SSSR count). The molecule has 220 valence electrons. The molecule has 26 heteroatoms. The van der Waals surface area contributed by atoms with Crippen LogP contribution in [0.5, 0.6) is 0 Å². The molecule has 37 heavy (non-hydrogen) atoms. The summed E-state index contributed by atoms with van der Waals surface area (Å²) in [6, 6.07) is -33.8.